The Morgan fingerprint density at radius 2 is 2.06 bits per heavy atom. The number of aromatic nitrogens is 1. The molecule has 0 saturated carbocycles. The summed E-state index contributed by atoms with van der Waals surface area (Å²) >= 11 is 8.03. The van der Waals surface area contributed by atoms with E-state index in [1.54, 1.807) is 11.3 Å². The maximum absolute atomic E-state index is 6.27. The highest BCUT2D eigenvalue weighted by Crippen LogP contribution is 2.33. The van der Waals surface area contributed by atoms with Crippen LogP contribution >= 0.6 is 22.9 Å². The molecule has 1 aromatic heterocycles. The van der Waals surface area contributed by atoms with Gasteiger partial charge in [0.1, 0.15) is 5.01 Å². The summed E-state index contributed by atoms with van der Waals surface area (Å²) in [6.45, 7) is 6.32. The maximum Gasteiger partial charge on any atom is 0.125 e. The van der Waals surface area contributed by atoms with Gasteiger partial charge < -0.3 is 0 Å². The lowest BCUT2D eigenvalue weighted by Gasteiger charge is -2.01. The fourth-order valence-corrected chi connectivity index (χ4v) is 3.38. The van der Waals surface area contributed by atoms with Gasteiger partial charge in [0, 0.05) is 10.4 Å². The second-order valence-corrected chi connectivity index (χ2v) is 5.75. The van der Waals surface area contributed by atoms with Crippen LogP contribution in [-0.4, -0.2) is 4.98 Å². The predicted molar refractivity (Wildman–Crippen MR) is 76.0 cm³/mol. The Balaban J connectivity index is 2.42. The van der Waals surface area contributed by atoms with Crippen LogP contribution in [0.4, 0.5) is 0 Å². The molecule has 0 atom stereocenters. The van der Waals surface area contributed by atoms with Crippen molar-refractivity contribution in [3.8, 4) is 10.6 Å². The molecule has 0 aliphatic carbocycles. The van der Waals surface area contributed by atoms with E-state index in [9.17, 15) is 0 Å². The molecule has 0 N–H and O–H groups in total. The molecular weight excluding hydrogens is 250 g/mol. The van der Waals surface area contributed by atoms with Gasteiger partial charge in [0.2, 0.25) is 0 Å². The first-order chi connectivity index (χ1) is 8.11. The Bertz CT molecular complexity index is 531. The van der Waals surface area contributed by atoms with Crippen molar-refractivity contribution < 1.29 is 0 Å². The number of thiazole rings is 1. The molecule has 1 heterocycles. The van der Waals surface area contributed by atoms with Crippen LogP contribution in [0.2, 0.25) is 5.02 Å². The van der Waals surface area contributed by atoms with E-state index in [0.29, 0.717) is 0 Å². The summed E-state index contributed by atoms with van der Waals surface area (Å²) in [5, 5.41) is 1.83. The van der Waals surface area contributed by atoms with Gasteiger partial charge in [0.25, 0.3) is 0 Å². The zero-order valence-corrected chi connectivity index (χ0v) is 12.0. The fraction of sp³-hybridized carbons (Fsp3) is 0.357. The Labute approximate surface area is 111 Å². The average molecular weight is 266 g/mol. The largest absolute Gasteiger partial charge is 0.241 e. The van der Waals surface area contributed by atoms with Crippen LogP contribution in [0.5, 0.6) is 0 Å². The zero-order valence-electron chi connectivity index (χ0n) is 10.4. The topological polar surface area (TPSA) is 12.9 Å². The van der Waals surface area contributed by atoms with Gasteiger partial charge in [-0.1, -0.05) is 37.1 Å². The first-order valence-electron chi connectivity index (χ1n) is 5.84. The molecule has 0 fully saturated rings. The Morgan fingerprint density at radius 1 is 1.29 bits per heavy atom. The van der Waals surface area contributed by atoms with E-state index in [4.69, 9.17) is 11.6 Å². The molecule has 2 rings (SSSR count). The third kappa shape index (κ3) is 2.70. The standard InChI is InChI=1S/C14H16ClNS/c1-4-5-13-10(3)16-14(17-13)11-7-6-9(2)8-12(11)15/h6-8H,4-5H2,1-3H3. The van der Waals surface area contributed by atoms with Crippen molar-refractivity contribution in [2.45, 2.75) is 33.6 Å². The van der Waals surface area contributed by atoms with E-state index in [1.807, 2.05) is 13.0 Å². The Hall–Kier alpha value is -0.860. The van der Waals surface area contributed by atoms with Gasteiger partial charge in [-0.2, -0.15) is 0 Å². The summed E-state index contributed by atoms with van der Waals surface area (Å²) in [7, 11) is 0. The summed E-state index contributed by atoms with van der Waals surface area (Å²) in [6, 6.07) is 6.14. The van der Waals surface area contributed by atoms with Crippen molar-refractivity contribution in [3.63, 3.8) is 0 Å². The summed E-state index contributed by atoms with van der Waals surface area (Å²) in [5.74, 6) is 0. The van der Waals surface area contributed by atoms with E-state index in [-0.39, 0.29) is 0 Å². The molecule has 1 nitrogen and oxygen atoms in total. The molecule has 0 aliphatic heterocycles. The molecule has 0 spiro atoms. The summed E-state index contributed by atoms with van der Waals surface area (Å²) in [5.41, 5.74) is 3.37. The molecule has 0 aliphatic rings. The molecule has 0 unspecified atom stereocenters. The summed E-state index contributed by atoms with van der Waals surface area (Å²) in [6.07, 6.45) is 2.26. The van der Waals surface area contributed by atoms with Crippen molar-refractivity contribution in [2.75, 3.05) is 0 Å². The smallest absolute Gasteiger partial charge is 0.125 e. The van der Waals surface area contributed by atoms with Gasteiger partial charge in [0.05, 0.1) is 10.7 Å². The van der Waals surface area contributed by atoms with E-state index < -0.39 is 0 Å². The van der Waals surface area contributed by atoms with E-state index >= 15 is 0 Å². The van der Waals surface area contributed by atoms with Gasteiger partial charge in [0.15, 0.2) is 0 Å². The highest BCUT2D eigenvalue weighted by atomic mass is 35.5. The second-order valence-electron chi connectivity index (χ2n) is 4.26. The van der Waals surface area contributed by atoms with E-state index in [0.717, 1.165) is 34.1 Å². The fourth-order valence-electron chi connectivity index (χ4n) is 1.80. The van der Waals surface area contributed by atoms with E-state index in [1.165, 1.54) is 10.4 Å². The minimum absolute atomic E-state index is 0.793. The molecule has 0 saturated heterocycles. The number of rotatable bonds is 3. The highest BCUT2D eigenvalue weighted by Gasteiger charge is 2.11. The molecule has 17 heavy (non-hydrogen) atoms. The quantitative estimate of drug-likeness (QED) is 0.758. The van der Waals surface area contributed by atoms with Crippen LogP contribution in [0.3, 0.4) is 0 Å². The molecule has 0 radical (unpaired) electrons. The second kappa shape index (κ2) is 5.19. The van der Waals surface area contributed by atoms with Crippen LogP contribution in [0.25, 0.3) is 10.6 Å². The Kier molecular flexibility index (Phi) is 3.85. The number of aryl methyl sites for hydroxylation is 3. The van der Waals surface area contributed by atoms with Crippen LogP contribution in [0.15, 0.2) is 18.2 Å². The zero-order chi connectivity index (χ0) is 12.4. The number of benzene rings is 1. The normalized spacial score (nSPS) is 10.8. The average Bonchev–Trinajstić information content (AvgIpc) is 2.60. The first-order valence-corrected chi connectivity index (χ1v) is 7.04. The third-order valence-electron chi connectivity index (χ3n) is 2.72. The monoisotopic (exact) mass is 265 g/mol. The van der Waals surface area contributed by atoms with Crippen molar-refractivity contribution in [1.82, 2.24) is 4.98 Å². The lowest BCUT2D eigenvalue weighted by molar-refractivity contribution is 0.925. The van der Waals surface area contributed by atoms with Gasteiger partial charge in [-0.05, 0) is 31.9 Å². The van der Waals surface area contributed by atoms with Gasteiger partial charge in [-0.25, -0.2) is 4.98 Å². The molecule has 0 bridgehead atoms. The molecular formula is C14H16ClNS. The number of hydrogen-bond acceptors (Lipinski definition) is 2. The molecule has 90 valence electrons. The first kappa shape index (κ1) is 12.6. The molecule has 0 amide bonds. The maximum atomic E-state index is 6.27. The van der Waals surface area contributed by atoms with Gasteiger partial charge >= 0.3 is 0 Å². The summed E-state index contributed by atoms with van der Waals surface area (Å²) < 4.78 is 0. The van der Waals surface area contributed by atoms with Crippen molar-refractivity contribution in [3.05, 3.63) is 39.4 Å². The van der Waals surface area contributed by atoms with Crippen LogP contribution in [0.1, 0.15) is 29.5 Å². The van der Waals surface area contributed by atoms with Gasteiger partial charge in [-0.3, -0.25) is 0 Å². The number of hydrogen-bond donors (Lipinski definition) is 0. The van der Waals surface area contributed by atoms with Crippen molar-refractivity contribution in [2.24, 2.45) is 0 Å². The molecule has 1 aromatic carbocycles. The van der Waals surface area contributed by atoms with Crippen LogP contribution < -0.4 is 0 Å². The number of nitrogens with zero attached hydrogens (tertiary/aromatic N) is 1. The Morgan fingerprint density at radius 3 is 2.71 bits per heavy atom. The number of halogens is 1. The minimum atomic E-state index is 0.793. The van der Waals surface area contributed by atoms with Crippen LogP contribution in [-0.2, 0) is 6.42 Å². The van der Waals surface area contributed by atoms with Crippen molar-refractivity contribution >= 4 is 22.9 Å². The van der Waals surface area contributed by atoms with Crippen LogP contribution in [0, 0.1) is 13.8 Å². The highest BCUT2D eigenvalue weighted by molar-refractivity contribution is 7.15. The minimum Gasteiger partial charge on any atom is -0.241 e. The lowest BCUT2D eigenvalue weighted by atomic mass is 10.1. The summed E-state index contributed by atoms with van der Waals surface area (Å²) in [4.78, 5) is 6.00. The van der Waals surface area contributed by atoms with Gasteiger partial charge in [-0.15, -0.1) is 11.3 Å². The molecule has 2 aromatic rings. The SMILES string of the molecule is CCCc1sc(-c2ccc(C)cc2Cl)nc1C. The van der Waals surface area contributed by atoms with Crippen molar-refractivity contribution in [1.29, 1.82) is 0 Å². The predicted octanol–water partition coefficient (Wildman–Crippen LogP) is 5.03. The lowest BCUT2D eigenvalue weighted by Crippen LogP contribution is -1.82. The third-order valence-corrected chi connectivity index (χ3v) is 4.29. The molecule has 3 heteroatoms. The van der Waals surface area contributed by atoms with E-state index in [2.05, 4.69) is 31.0 Å².